The summed E-state index contributed by atoms with van der Waals surface area (Å²) in [4.78, 5) is 15.2. The van der Waals surface area contributed by atoms with Crippen LogP contribution in [0.4, 0.5) is 0 Å². The van der Waals surface area contributed by atoms with Crippen molar-refractivity contribution in [3.05, 3.63) is 24.4 Å². The van der Waals surface area contributed by atoms with E-state index in [0.717, 1.165) is 6.42 Å². The van der Waals surface area contributed by atoms with Gasteiger partial charge in [0.25, 0.3) is 10.0 Å². The molecule has 3 aliphatic rings. The molecule has 2 aliphatic heterocycles. The number of carboxylic acids is 1. The highest BCUT2D eigenvalue weighted by molar-refractivity contribution is 7.89. The predicted octanol–water partition coefficient (Wildman–Crippen LogP) is 0.955. The molecule has 3 atom stereocenters. The van der Waals surface area contributed by atoms with E-state index in [1.165, 1.54) is 16.6 Å². The van der Waals surface area contributed by atoms with Crippen molar-refractivity contribution in [1.82, 2.24) is 9.29 Å². The van der Waals surface area contributed by atoms with Crippen molar-refractivity contribution in [1.29, 1.82) is 0 Å². The highest BCUT2D eigenvalue weighted by atomic mass is 32.2. The molecule has 7 heteroatoms. The van der Waals surface area contributed by atoms with Gasteiger partial charge >= 0.3 is 5.97 Å². The van der Waals surface area contributed by atoms with Crippen LogP contribution in [-0.4, -0.2) is 41.4 Å². The van der Waals surface area contributed by atoms with Gasteiger partial charge in [0.15, 0.2) is 5.03 Å². The Kier molecular flexibility index (Phi) is 3.25. The maximum absolute atomic E-state index is 12.6. The first-order valence-electron chi connectivity index (χ1n) is 6.66. The summed E-state index contributed by atoms with van der Waals surface area (Å²) in [6, 6.07) is 4.29. The van der Waals surface area contributed by atoms with E-state index in [1.54, 1.807) is 12.1 Å². The lowest BCUT2D eigenvalue weighted by molar-refractivity contribution is -0.147. The van der Waals surface area contributed by atoms with Crippen molar-refractivity contribution in [3.8, 4) is 0 Å². The van der Waals surface area contributed by atoms with Gasteiger partial charge in [0.2, 0.25) is 0 Å². The first kappa shape index (κ1) is 13.5. The number of aliphatic carboxylic acids is 1. The second-order valence-electron chi connectivity index (χ2n) is 5.43. The Labute approximate surface area is 117 Å². The molecule has 1 aliphatic carbocycles. The highest BCUT2D eigenvalue weighted by Gasteiger charge is 2.48. The highest BCUT2D eigenvalue weighted by Crippen LogP contribution is 2.41. The number of hydrogen-bond acceptors (Lipinski definition) is 4. The second kappa shape index (κ2) is 4.82. The summed E-state index contributed by atoms with van der Waals surface area (Å²) in [5.41, 5.74) is 0. The maximum atomic E-state index is 12.6. The zero-order chi connectivity index (χ0) is 14.3. The summed E-state index contributed by atoms with van der Waals surface area (Å²) >= 11 is 0. The van der Waals surface area contributed by atoms with E-state index in [0.29, 0.717) is 19.4 Å². The Hall–Kier alpha value is -1.47. The van der Waals surface area contributed by atoms with Gasteiger partial charge in [0.1, 0.15) is 0 Å². The number of nitrogens with zero attached hydrogens (tertiary/aromatic N) is 2. The number of piperidine rings is 2. The standard InChI is InChI=1S/C13H16N2O4S/c16-13(17)10-7-9-4-5-11(10)15(8-9)20(18,19)12-3-1-2-6-14-12/h1-3,6,9-11H,4-5,7-8H2,(H,16,17)/t9-,10-,11+/m1/s1. The Balaban J connectivity index is 1.96. The molecule has 1 aromatic rings. The number of fused-ring (bicyclic) bond motifs is 3. The SMILES string of the molecule is O=C(O)[C@@H]1C[C@H]2CC[C@@H]1N(S(=O)(=O)c1ccccn1)C2. The average molecular weight is 296 g/mol. The molecular formula is C13H16N2O4S. The van der Waals surface area contributed by atoms with E-state index in [4.69, 9.17) is 0 Å². The van der Waals surface area contributed by atoms with Crippen LogP contribution in [0.3, 0.4) is 0 Å². The molecular weight excluding hydrogens is 280 g/mol. The normalized spacial score (nSPS) is 30.3. The molecule has 3 heterocycles. The molecule has 2 bridgehead atoms. The Morgan fingerprint density at radius 1 is 1.35 bits per heavy atom. The first-order chi connectivity index (χ1) is 9.50. The van der Waals surface area contributed by atoms with Crippen molar-refractivity contribution < 1.29 is 18.3 Å². The lowest BCUT2D eigenvalue weighted by atomic mass is 9.74. The molecule has 3 fully saturated rings. The van der Waals surface area contributed by atoms with Crippen molar-refractivity contribution in [2.24, 2.45) is 11.8 Å². The minimum Gasteiger partial charge on any atom is -0.481 e. The Morgan fingerprint density at radius 3 is 2.75 bits per heavy atom. The summed E-state index contributed by atoms with van der Waals surface area (Å²) in [7, 11) is -3.70. The molecule has 0 aromatic carbocycles. The van der Waals surface area contributed by atoms with Crippen LogP contribution >= 0.6 is 0 Å². The van der Waals surface area contributed by atoms with Gasteiger partial charge in [-0.2, -0.15) is 4.31 Å². The summed E-state index contributed by atoms with van der Waals surface area (Å²) < 4.78 is 26.6. The van der Waals surface area contributed by atoms with Gasteiger partial charge in [-0.3, -0.25) is 4.79 Å². The largest absolute Gasteiger partial charge is 0.481 e. The monoisotopic (exact) mass is 296 g/mol. The van der Waals surface area contributed by atoms with Gasteiger partial charge in [-0.1, -0.05) is 6.07 Å². The Bertz CT molecular complexity index is 617. The van der Waals surface area contributed by atoms with Crippen LogP contribution < -0.4 is 0 Å². The van der Waals surface area contributed by atoms with Gasteiger partial charge in [-0.15, -0.1) is 0 Å². The summed E-state index contributed by atoms with van der Waals surface area (Å²) in [5, 5.41) is 9.27. The molecule has 1 saturated carbocycles. The molecule has 1 aromatic heterocycles. The fourth-order valence-electron chi connectivity index (χ4n) is 3.30. The van der Waals surface area contributed by atoms with E-state index in [2.05, 4.69) is 4.98 Å². The van der Waals surface area contributed by atoms with Gasteiger partial charge < -0.3 is 5.11 Å². The number of hydrogen-bond donors (Lipinski definition) is 1. The van der Waals surface area contributed by atoms with Crippen LogP contribution in [0.2, 0.25) is 0 Å². The van der Waals surface area contributed by atoms with E-state index in [9.17, 15) is 18.3 Å². The average Bonchev–Trinajstić information content (AvgIpc) is 2.48. The van der Waals surface area contributed by atoms with E-state index >= 15 is 0 Å². The molecule has 2 saturated heterocycles. The van der Waals surface area contributed by atoms with E-state index < -0.39 is 28.0 Å². The molecule has 108 valence electrons. The van der Waals surface area contributed by atoms with Gasteiger partial charge in [-0.05, 0) is 37.3 Å². The van der Waals surface area contributed by atoms with Gasteiger partial charge in [0.05, 0.1) is 5.92 Å². The fraction of sp³-hybridized carbons (Fsp3) is 0.538. The minimum absolute atomic E-state index is 0.00307. The minimum atomic E-state index is -3.70. The zero-order valence-electron chi connectivity index (χ0n) is 10.8. The molecule has 0 amide bonds. The van der Waals surface area contributed by atoms with E-state index in [1.807, 2.05) is 0 Å². The smallest absolute Gasteiger partial charge is 0.308 e. The topological polar surface area (TPSA) is 87.6 Å². The quantitative estimate of drug-likeness (QED) is 0.897. The first-order valence-corrected chi connectivity index (χ1v) is 8.10. The van der Waals surface area contributed by atoms with Gasteiger partial charge in [0, 0.05) is 18.8 Å². The molecule has 0 spiro atoms. The number of pyridine rings is 1. The summed E-state index contributed by atoms with van der Waals surface area (Å²) in [6.07, 6.45) is 3.54. The molecule has 6 nitrogen and oxygen atoms in total. The Morgan fingerprint density at radius 2 is 2.15 bits per heavy atom. The van der Waals surface area contributed by atoms with Crippen LogP contribution in [0.5, 0.6) is 0 Å². The van der Waals surface area contributed by atoms with Crippen molar-refractivity contribution in [2.45, 2.75) is 30.3 Å². The maximum Gasteiger partial charge on any atom is 0.308 e. The van der Waals surface area contributed by atoms with Crippen LogP contribution in [-0.2, 0) is 14.8 Å². The van der Waals surface area contributed by atoms with Crippen molar-refractivity contribution >= 4 is 16.0 Å². The zero-order valence-corrected chi connectivity index (χ0v) is 11.7. The molecule has 1 N–H and O–H groups in total. The third kappa shape index (κ3) is 2.10. The van der Waals surface area contributed by atoms with Crippen molar-refractivity contribution in [3.63, 3.8) is 0 Å². The predicted molar refractivity (Wildman–Crippen MR) is 70.4 cm³/mol. The summed E-state index contributed by atoms with van der Waals surface area (Å²) in [6.45, 7) is 0.410. The molecule has 20 heavy (non-hydrogen) atoms. The number of carboxylic acid groups (broad SMARTS) is 1. The molecule has 0 unspecified atom stereocenters. The van der Waals surface area contributed by atoms with Crippen LogP contribution in [0.15, 0.2) is 29.4 Å². The fourth-order valence-corrected chi connectivity index (χ4v) is 5.00. The molecule has 4 rings (SSSR count). The third-order valence-electron chi connectivity index (χ3n) is 4.26. The number of carbonyl (C=O) groups is 1. The number of sulfonamides is 1. The number of aromatic nitrogens is 1. The van der Waals surface area contributed by atoms with Gasteiger partial charge in [-0.25, -0.2) is 13.4 Å². The van der Waals surface area contributed by atoms with E-state index in [-0.39, 0.29) is 10.9 Å². The summed E-state index contributed by atoms with van der Waals surface area (Å²) in [5.74, 6) is -1.36. The molecule has 0 radical (unpaired) electrons. The van der Waals surface area contributed by atoms with Crippen LogP contribution in [0.25, 0.3) is 0 Å². The lowest BCUT2D eigenvalue weighted by Gasteiger charge is -2.47. The third-order valence-corrected chi connectivity index (χ3v) is 6.07. The number of rotatable bonds is 3. The van der Waals surface area contributed by atoms with Crippen LogP contribution in [0.1, 0.15) is 19.3 Å². The lowest BCUT2D eigenvalue weighted by Crippen LogP contribution is -2.57. The van der Waals surface area contributed by atoms with Crippen LogP contribution in [0, 0.1) is 11.8 Å². The second-order valence-corrected chi connectivity index (χ2v) is 7.27. The van der Waals surface area contributed by atoms with Crippen molar-refractivity contribution in [2.75, 3.05) is 6.54 Å².